The fourth-order valence-corrected chi connectivity index (χ4v) is 2.98. The molecule has 2 N–H and O–H groups in total. The van der Waals surface area contributed by atoms with E-state index in [1.807, 2.05) is 26.2 Å². The second kappa shape index (κ2) is 8.66. The monoisotopic (exact) mass is 377 g/mol. The molecule has 0 fully saturated rings. The lowest BCUT2D eigenvalue weighted by Gasteiger charge is -2.21. The van der Waals surface area contributed by atoms with E-state index >= 15 is 0 Å². The van der Waals surface area contributed by atoms with Gasteiger partial charge in [-0.1, -0.05) is 13.8 Å². The van der Waals surface area contributed by atoms with Gasteiger partial charge in [0.05, 0.1) is 19.9 Å². The van der Waals surface area contributed by atoms with Crippen molar-refractivity contribution in [3.8, 4) is 11.5 Å². The molecule has 140 valence electrons. The van der Waals surface area contributed by atoms with Gasteiger partial charge in [-0.15, -0.1) is 11.3 Å². The highest BCUT2D eigenvalue weighted by Gasteiger charge is 2.26. The summed E-state index contributed by atoms with van der Waals surface area (Å²) in [6.45, 7) is 5.58. The van der Waals surface area contributed by atoms with Crippen molar-refractivity contribution in [3.05, 3.63) is 34.8 Å². The third-order valence-electron chi connectivity index (χ3n) is 3.70. The van der Waals surface area contributed by atoms with Crippen molar-refractivity contribution >= 4 is 28.3 Å². The first-order valence-electron chi connectivity index (χ1n) is 8.11. The van der Waals surface area contributed by atoms with E-state index in [1.54, 1.807) is 18.2 Å². The van der Waals surface area contributed by atoms with Gasteiger partial charge in [-0.25, -0.2) is 4.98 Å². The number of carbonyl (C=O) groups is 2. The van der Waals surface area contributed by atoms with Gasteiger partial charge in [-0.3, -0.25) is 9.59 Å². The lowest BCUT2D eigenvalue weighted by atomic mass is 10.0. The molecule has 7 nitrogen and oxygen atoms in total. The first-order chi connectivity index (χ1) is 12.3. The van der Waals surface area contributed by atoms with Crippen LogP contribution in [0.3, 0.4) is 0 Å². The van der Waals surface area contributed by atoms with E-state index in [9.17, 15) is 9.59 Å². The van der Waals surface area contributed by atoms with E-state index < -0.39 is 6.04 Å². The molecule has 0 aliphatic heterocycles. The highest BCUT2D eigenvalue weighted by atomic mass is 32.1. The second-order valence-electron chi connectivity index (χ2n) is 6.08. The van der Waals surface area contributed by atoms with Gasteiger partial charge in [0.1, 0.15) is 17.5 Å². The lowest BCUT2D eigenvalue weighted by molar-refractivity contribution is -0.118. The topological polar surface area (TPSA) is 89.5 Å². The molecule has 0 saturated heterocycles. The molecule has 0 unspecified atom stereocenters. The van der Waals surface area contributed by atoms with Gasteiger partial charge in [0.25, 0.3) is 5.91 Å². The Labute approximate surface area is 156 Å². The van der Waals surface area contributed by atoms with E-state index in [1.165, 1.54) is 25.6 Å². The summed E-state index contributed by atoms with van der Waals surface area (Å²) in [5.74, 6) is 0.202. The minimum atomic E-state index is -0.705. The van der Waals surface area contributed by atoms with Crippen LogP contribution in [0.5, 0.6) is 11.5 Å². The number of ether oxygens (including phenoxy) is 2. The van der Waals surface area contributed by atoms with Gasteiger partial charge < -0.3 is 20.1 Å². The fraction of sp³-hybridized carbons (Fsp3) is 0.389. The number of aromatic nitrogens is 1. The second-order valence-corrected chi connectivity index (χ2v) is 6.94. The van der Waals surface area contributed by atoms with Crippen LogP contribution in [-0.4, -0.2) is 37.1 Å². The summed E-state index contributed by atoms with van der Waals surface area (Å²) in [4.78, 5) is 29.4. The Kier molecular flexibility index (Phi) is 6.57. The minimum Gasteiger partial charge on any atom is -0.497 e. The molecule has 0 saturated carbocycles. The van der Waals surface area contributed by atoms with Gasteiger partial charge in [-0.05, 0) is 25.0 Å². The SMILES string of the molecule is COc1cc(OC)cc(C(=O)N[C@@H](C(=O)Nc2nc(C)cs2)C(C)C)c1. The fourth-order valence-electron chi connectivity index (χ4n) is 2.29. The quantitative estimate of drug-likeness (QED) is 0.774. The Bertz CT molecular complexity index is 766. The molecule has 2 rings (SSSR count). The van der Waals surface area contributed by atoms with Crippen molar-refractivity contribution in [1.29, 1.82) is 0 Å². The summed E-state index contributed by atoms with van der Waals surface area (Å²) < 4.78 is 10.4. The molecule has 0 radical (unpaired) electrons. The number of hydrogen-bond acceptors (Lipinski definition) is 6. The normalized spacial score (nSPS) is 11.8. The van der Waals surface area contributed by atoms with E-state index in [-0.39, 0.29) is 17.7 Å². The Morgan fingerprint density at radius 3 is 2.19 bits per heavy atom. The smallest absolute Gasteiger partial charge is 0.252 e. The molecule has 1 aromatic carbocycles. The molecule has 2 amide bonds. The molecule has 1 heterocycles. The van der Waals surface area contributed by atoms with Crippen molar-refractivity contribution in [3.63, 3.8) is 0 Å². The maximum atomic E-state index is 12.6. The largest absolute Gasteiger partial charge is 0.497 e. The number of anilines is 1. The standard InChI is InChI=1S/C18H23N3O4S/c1-10(2)15(17(23)21-18-19-11(3)9-26-18)20-16(22)12-6-13(24-4)8-14(7-12)25-5/h6-10,15H,1-5H3,(H,20,22)(H,19,21,23)/t15-/m1/s1. The number of hydrogen-bond donors (Lipinski definition) is 2. The van der Waals surface area contributed by atoms with Crippen molar-refractivity contribution in [2.24, 2.45) is 5.92 Å². The molecule has 1 atom stereocenters. The number of amides is 2. The van der Waals surface area contributed by atoms with Crippen LogP contribution in [0.4, 0.5) is 5.13 Å². The summed E-state index contributed by atoms with van der Waals surface area (Å²) in [6.07, 6.45) is 0. The minimum absolute atomic E-state index is 0.104. The van der Waals surface area contributed by atoms with E-state index in [2.05, 4.69) is 15.6 Å². The zero-order chi connectivity index (χ0) is 19.3. The lowest BCUT2D eigenvalue weighted by Crippen LogP contribution is -2.47. The number of nitrogens with one attached hydrogen (secondary N) is 2. The van der Waals surface area contributed by atoms with Crippen LogP contribution in [0.1, 0.15) is 29.9 Å². The van der Waals surface area contributed by atoms with Crippen LogP contribution in [0.15, 0.2) is 23.6 Å². The summed E-state index contributed by atoms with van der Waals surface area (Å²) in [6, 6.07) is 4.16. The first-order valence-corrected chi connectivity index (χ1v) is 8.99. The van der Waals surface area contributed by atoms with Crippen molar-refractivity contribution in [2.45, 2.75) is 26.8 Å². The third kappa shape index (κ3) is 4.95. The zero-order valence-electron chi connectivity index (χ0n) is 15.5. The van der Waals surface area contributed by atoms with Crippen molar-refractivity contribution < 1.29 is 19.1 Å². The van der Waals surface area contributed by atoms with Crippen molar-refractivity contribution in [2.75, 3.05) is 19.5 Å². The predicted octanol–water partition coefficient (Wildman–Crippen LogP) is 2.86. The maximum Gasteiger partial charge on any atom is 0.252 e. The van der Waals surface area contributed by atoms with Crippen LogP contribution >= 0.6 is 11.3 Å². The van der Waals surface area contributed by atoms with Crippen LogP contribution in [-0.2, 0) is 4.79 Å². The molecule has 2 aromatic rings. The average Bonchev–Trinajstić information content (AvgIpc) is 3.03. The van der Waals surface area contributed by atoms with Crippen LogP contribution in [0.2, 0.25) is 0 Å². The molecule has 0 spiro atoms. The molecule has 0 aliphatic rings. The zero-order valence-corrected chi connectivity index (χ0v) is 16.3. The number of aryl methyl sites for hydroxylation is 1. The summed E-state index contributed by atoms with van der Waals surface area (Å²) >= 11 is 1.34. The van der Waals surface area contributed by atoms with E-state index in [0.717, 1.165) is 5.69 Å². The molecule has 8 heteroatoms. The average molecular weight is 377 g/mol. The summed E-state index contributed by atoms with van der Waals surface area (Å²) in [5, 5.41) is 7.89. The Morgan fingerprint density at radius 1 is 1.12 bits per heavy atom. The number of rotatable bonds is 7. The van der Waals surface area contributed by atoms with Gasteiger partial charge >= 0.3 is 0 Å². The van der Waals surface area contributed by atoms with Crippen LogP contribution in [0, 0.1) is 12.8 Å². The van der Waals surface area contributed by atoms with E-state index in [0.29, 0.717) is 22.2 Å². The van der Waals surface area contributed by atoms with Crippen molar-refractivity contribution in [1.82, 2.24) is 10.3 Å². The highest BCUT2D eigenvalue weighted by Crippen LogP contribution is 2.23. The molecule has 0 aliphatic carbocycles. The summed E-state index contributed by atoms with van der Waals surface area (Å²) in [7, 11) is 3.02. The molecular weight excluding hydrogens is 354 g/mol. The number of thiazole rings is 1. The van der Waals surface area contributed by atoms with E-state index in [4.69, 9.17) is 9.47 Å². The first kappa shape index (κ1) is 19.7. The van der Waals surface area contributed by atoms with Gasteiger partial charge in [0.15, 0.2) is 5.13 Å². The highest BCUT2D eigenvalue weighted by molar-refractivity contribution is 7.13. The molecule has 1 aromatic heterocycles. The Hall–Kier alpha value is -2.61. The van der Waals surface area contributed by atoms with Crippen LogP contribution < -0.4 is 20.1 Å². The number of methoxy groups -OCH3 is 2. The third-order valence-corrected chi connectivity index (χ3v) is 4.57. The predicted molar refractivity (Wildman–Crippen MR) is 101 cm³/mol. The molecule has 26 heavy (non-hydrogen) atoms. The van der Waals surface area contributed by atoms with Crippen LogP contribution in [0.25, 0.3) is 0 Å². The summed E-state index contributed by atoms with van der Waals surface area (Å²) in [5.41, 5.74) is 1.18. The number of carbonyl (C=O) groups excluding carboxylic acids is 2. The van der Waals surface area contributed by atoms with Gasteiger partial charge in [0.2, 0.25) is 5.91 Å². The number of nitrogens with zero attached hydrogens (tertiary/aromatic N) is 1. The van der Waals surface area contributed by atoms with Gasteiger partial charge in [0, 0.05) is 17.0 Å². The van der Waals surface area contributed by atoms with Gasteiger partial charge in [-0.2, -0.15) is 0 Å². The Balaban J connectivity index is 2.16. The number of benzene rings is 1. The maximum absolute atomic E-state index is 12.6. The molecular formula is C18H23N3O4S. The molecule has 0 bridgehead atoms. The Morgan fingerprint density at radius 2 is 1.73 bits per heavy atom.